The number of ether oxygens (including phenoxy) is 1. The molecule has 4 nitrogen and oxygen atoms in total. The van der Waals surface area contributed by atoms with Crippen molar-refractivity contribution in [2.75, 3.05) is 19.8 Å². The van der Waals surface area contributed by atoms with Crippen LogP contribution in [0.3, 0.4) is 0 Å². The van der Waals surface area contributed by atoms with Crippen LogP contribution in [-0.4, -0.2) is 31.7 Å². The zero-order chi connectivity index (χ0) is 13.2. The summed E-state index contributed by atoms with van der Waals surface area (Å²) in [5.41, 5.74) is 6.40. The van der Waals surface area contributed by atoms with E-state index in [-0.39, 0.29) is 30.3 Å². The molecule has 0 aromatic carbocycles. The molecule has 1 aliphatic heterocycles. The summed E-state index contributed by atoms with van der Waals surface area (Å²) in [4.78, 5) is 12.1. The van der Waals surface area contributed by atoms with Crippen molar-refractivity contribution in [1.82, 2.24) is 5.32 Å². The maximum Gasteiger partial charge on any atom is 0.237 e. The number of rotatable bonds is 5. The SMILES string of the molecule is CC(C)C1(CNC(=O)C(N)C2CCOCC2)CC1.Cl. The fourth-order valence-corrected chi connectivity index (χ4v) is 2.79. The first-order chi connectivity index (χ1) is 8.55. The van der Waals surface area contributed by atoms with Gasteiger partial charge in [0.25, 0.3) is 0 Å². The minimum absolute atomic E-state index is 0. The molecule has 5 heteroatoms. The first kappa shape index (κ1) is 16.7. The molecular formula is C14H27ClN2O2. The van der Waals surface area contributed by atoms with Crippen LogP contribution in [0.25, 0.3) is 0 Å². The summed E-state index contributed by atoms with van der Waals surface area (Å²) in [6.07, 6.45) is 4.28. The molecule has 1 heterocycles. The topological polar surface area (TPSA) is 64.4 Å². The second-order valence-corrected chi connectivity index (χ2v) is 6.21. The van der Waals surface area contributed by atoms with Gasteiger partial charge in [-0.15, -0.1) is 12.4 Å². The monoisotopic (exact) mass is 290 g/mol. The number of carbonyl (C=O) groups is 1. The molecule has 0 spiro atoms. The molecule has 1 saturated carbocycles. The maximum absolute atomic E-state index is 12.1. The minimum atomic E-state index is -0.364. The Kier molecular flexibility index (Phi) is 6.09. The molecule has 2 aliphatic rings. The van der Waals surface area contributed by atoms with E-state index in [9.17, 15) is 4.79 Å². The van der Waals surface area contributed by atoms with Crippen molar-refractivity contribution >= 4 is 18.3 Å². The van der Waals surface area contributed by atoms with Crippen LogP contribution in [0.2, 0.25) is 0 Å². The summed E-state index contributed by atoms with van der Waals surface area (Å²) < 4.78 is 5.30. The molecule has 0 aromatic heterocycles. The lowest BCUT2D eigenvalue weighted by molar-refractivity contribution is -0.124. The van der Waals surface area contributed by atoms with Crippen LogP contribution in [0.5, 0.6) is 0 Å². The summed E-state index contributed by atoms with van der Waals surface area (Å²) in [5, 5.41) is 3.06. The van der Waals surface area contributed by atoms with E-state index in [2.05, 4.69) is 19.2 Å². The standard InChI is InChI=1S/C14H26N2O2.ClH/c1-10(2)14(5-6-14)9-16-13(17)12(15)11-3-7-18-8-4-11;/h10-12H,3-9,15H2,1-2H3,(H,16,17);1H. The Balaban J connectivity index is 0.00000180. The van der Waals surface area contributed by atoms with Crippen LogP contribution in [0.15, 0.2) is 0 Å². The number of carbonyl (C=O) groups excluding carboxylic acids is 1. The highest BCUT2D eigenvalue weighted by Gasteiger charge is 2.45. The van der Waals surface area contributed by atoms with E-state index < -0.39 is 0 Å². The summed E-state index contributed by atoms with van der Waals surface area (Å²) in [5.74, 6) is 0.943. The molecule has 0 bridgehead atoms. The molecule has 3 N–H and O–H groups in total. The van der Waals surface area contributed by atoms with Crippen molar-refractivity contribution < 1.29 is 9.53 Å². The zero-order valence-corrected chi connectivity index (χ0v) is 12.8. The van der Waals surface area contributed by atoms with Crippen molar-refractivity contribution in [3.63, 3.8) is 0 Å². The molecule has 0 radical (unpaired) electrons. The molecule has 1 saturated heterocycles. The predicted molar refractivity (Wildman–Crippen MR) is 78.3 cm³/mol. The molecule has 1 atom stereocenters. The second kappa shape index (κ2) is 6.91. The Bertz CT molecular complexity index is 300. The highest BCUT2D eigenvalue weighted by molar-refractivity contribution is 5.85. The molecule has 1 amide bonds. The van der Waals surface area contributed by atoms with Gasteiger partial charge in [-0.3, -0.25) is 4.79 Å². The van der Waals surface area contributed by atoms with Gasteiger partial charge in [-0.1, -0.05) is 13.8 Å². The number of amides is 1. The lowest BCUT2D eigenvalue weighted by atomic mass is 9.90. The Labute approximate surface area is 122 Å². The van der Waals surface area contributed by atoms with E-state index in [1.807, 2.05) is 0 Å². The van der Waals surface area contributed by atoms with Crippen LogP contribution < -0.4 is 11.1 Å². The average molecular weight is 291 g/mol. The fourth-order valence-electron chi connectivity index (χ4n) is 2.79. The number of halogens is 1. The number of hydrogen-bond acceptors (Lipinski definition) is 3. The Morgan fingerprint density at radius 3 is 2.42 bits per heavy atom. The first-order valence-electron chi connectivity index (χ1n) is 7.16. The summed E-state index contributed by atoms with van der Waals surface area (Å²) >= 11 is 0. The zero-order valence-electron chi connectivity index (χ0n) is 12.0. The minimum Gasteiger partial charge on any atom is -0.381 e. The van der Waals surface area contributed by atoms with E-state index in [1.165, 1.54) is 12.8 Å². The largest absolute Gasteiger partial charge is 0.381 e. The highest BCUT2D eigenvalue weighted by Crippen LogP contribution is 2.51. The van der Waals surface area contributed by atoms with E-state index in [4.69, 9.17) is 10.5 Å². The summed E-state index contributed by atoms with van der Waals surface area (Å²) in [7, 11) is 0. The molecule has 112 valence electrons. The predicted octanol–water partition coefficient (Wildman–Crippen LogP) is 1.71. The van der Waals surface area contributed by atoms with Crippen molar-refractivity contribution in [1.29, 1.82) is 0 Å². The van der Waals surface area contributed by atoms with Crippen LogP contribution in [0.1, 0.15) is 39.5 Å². The highest BCUT2D eigenvalue weighted by atomic mass is 35.5. The number of hydrogen-bond donors (Lipinski definition) is 2. The normalized spacial score (nSPS) is 23.6. The Morgan fingerprint density at radius 2 is 1.95 bits per heavy atom. The van der Waals surface area contributed by atoms with Gasteiger partial charge in [0, 0.05) is 19.8 Å². The van der Waals surface area contributed by atoms with Crippen molar-refractivity contribution in [3.05, 3.63) is 0 Å². The van der Waals surface area contributed by atoms with Crippen molar-refractivity contribution in [2.24, 2.45) is 23.0 Å². The van der Waals surface area contributed by atoms with Crippen LogP contribution >= 0.6 is 12.4 Å². The molecule has 1 aliphatic carbocycles. The van der Waals surface area contributed by atoms with Gasteiger partial charge in [0.05, 0.1) is 6.04 Å². The smallest absolute Gasteiger partial charge is 0.237 e. The lowest BCUT2D eigenvalue weighted by Crippen LogP contribution is -2.48. The van der Waals surface area contributed by atoms with Gasteiger partial charge in [0.1, 0.15) is 0 Å². The van der Waals surface area contributed by atoms with Gasteiger partial charge in [-0.25, -0.2) is 0 Å². The Hall–Kier alpha value is -0.320. The average Bonchev–Trinajstić information content (AvgIpc) is 3.17. The van der Waals surface area contributed by atoms with Gasteiger partial charge < -0.3 is 15.8 Å². The van der Waals surface area contributed by atoms with Crippen LogP contribution in [0, 0.1) is 17.3 Å². The first-order valence-corrected chi connectivity index (χ1v) is 7.16. The molecular weight excluding hydrogens is 264 g/mol. The van der Waals surface area contributed by atoms with Gasteiger partial charge in [0.2, 0.25) is 5.91 Å². The number of nitrogens with one attached hydrogen (secondary N) is 1. The van der Waals surface area contributed by atoms with Crippen molar-refractivity contribution in [3.8, 4) is 0 Å². The molecule has 1 unspecified atom stereocenters. The molecule has 19 heavy (non-hydrogen) atoms. The van der Waals surface area contributed by atoms with E-state index in [1.54, 1.807) is 0 Å². The maximum atomic E-state index is 12.1. The van der Waals surface area contributed by atoms with Gasteiger partial charge in [-0.05, 0) is 42.9 Å². The summed E-state index contributed by atoms with van der Waals surface area (Å²) in [6.45, 7) is 6.73. The van der Waals surface area contributed by atoms with Crippen molar-refractivity contribution in [2.45, 2.75) is 45.6 Å². The second-order valence-electron chi connectivity index (χ2n) is 6.21. The Morgan fingerprint density at radius 1 is 1.37 bits per heavy atom. The van der Waals surface area contributed by atoms with E-state index in [0.29, 0.717) is 11.3 Å². The van der Waals surface area contributed by atoms with Gasteiger partial charge >= 0.3 is 0 Å². The summed E-state index contributed by atoms with van der Waals surface area (Å²) in [6, 6.07) is -0.364. The molecule has 2 rings (SSSR count). The van der Waals surface area contributed by atoms with E-state index >= 15 is 0 Å². The van der Waals surface area contributed by atoms with Gasteiger partial charge in [-0.2, -0.15) is 0 Å². The van der Waals surface area contributed by atoms with E-state index in [0.717, 1.165) is 32.6 Å². The molecule has 0 aromatic rings. The third kappa shape index (κ3) is 4.07. The fraction of sp³-hybridized carbons (Fsp3) is 0.929. The number of nitrogens with two attached hydrogens (primary N) is 1. The quantitative estimate of drug-likeness (QED) is 0.810. The van der Waals surface area contributed by atoms with Crippen LogP contribution in [0.4, 0.5) is 0 Å². The molecule has 2 fully saturated rings. The van der Waals surface area contributed by atoms with Gasteiger partial charge in [0.15, 0.2) is 0 Å². The van der Waals surface area contributed by atoms with Crippen LogP contribution in [-0.2, 0) is 9.53 Å². The third-order valence-electron chi connectivity index (χ3n) is 4.81. The lowest BCUT2D eigenvalue weighted by Gasteiger charge is -2.28. The third-order valence-corrected chi connectivity index (χ3v) is 4.81.